The van der Waals surface area contributed by atoms with E-state index in [1.807, 2.05) is 62.4 Å². The van der Waals surface area contributed by atoms with E-state index in [-0.39, 0.29) is 5.91 Å². The molecule has 134 valence electrons. The molecule has 0 atom stereocenters. The molecule has 0 unspecified atom stereocenters. The number of ether oxygens (including phenoxy) is 1. The number of aromatic nitrogens is 1. The van der Waals surface area contributed by atoms with Gasteiger partial charge in [-0.3, -0.25) is 4.79 Å². The number of aryl methyl sites for hydroxylation is 2. The van der Waals surface area contributed by atoms with Gasteiger partial charge in [0.1, 0.15) is 11.5 Å². The zero-order chi connectivity index (χ0) is 18.5. The summed E-state index contributed by atoms with van der Waals surface area (Å²) in [5, 5.41) is 6.84. The lowest BCUT2D eigenvalue weighted by Gasteiger charge is -2.13. The molecule has 1 amide bonds. The Labute approximate surface area is 156 Å². The first-order valence-electron chi connectivity index (χ1n) is 8.17. The number of rotatable bonds is 6. The SMILES string of the molecule is COc1ccc(C)cc1NC(=O)c1ccccc1SCc1cc(C)no1. The molecule has 0 saturated carbocycles. The van der Waals surface area contributed by atoms with Gasteiger partial charge in [0.05, 0.1) is 29.8 Å². The molecule has 5 nitrogen and oxygen atoms in total. The first-order valence-corrected chi connectivity index (χ1v) is 9.15. The van der Waals surface area contributed by atoms with Crippen LogP contribution in [0.1, 0.15) is 27.4 Å². The molecule has 1 aromatic heterocycles. The number of carbonyl (C=O) groups excluding carboxylic acids is 1. The van der Waals surface area contributed by atoms with Crippen LogP contribution < -0.4 is 10.1 Å². The highest BCUT2D eigenvalue weighted by Crippen LogP contribution is 2.29. The first-order chi connectivity index (χ1) is 12.6. The van der Waals surface area contributed by atoms with Crippen LogP contribution >= 0.6 is 11.8 Å². The van der Waals surface area contributed by atoms with E-state index in [0.29, 0.717) is 22.8 Å². The third-order valence-corrected chi connectivity index (χ3v) is 4.88. The molecule has 0 spiro atoms. The summed E-state index contributed by atoms with van der Waals surface area (Å²) < 4.78 is 10.6. The molecule has 0 radical (unpaired) electrons. The third kappa shape index (κ3) is 4.26. The molecule has 1 N–H and O–H groups in total. The summed E-state index contributed by atoms with van der Waals surface area (Å²) in [5.41, 5.74) is 3.16. The number of benzene rings is 2. The molecule has 26 heavy (non-hydrogen) atoms. The number of nitrogens with one attached hydrogen (secondary N) is 1. The molecule has 0 aliphatic heterocycles. The number of hydrogen-bond acceptors (Lipinski definition) is 5. The normalized spacial score (nSPS) is 10.6. The summed E-state index contributed by atoms with van der Waals surface area (Å²) in [6, 6.07) is 15.1. The van der Waals surface area contributed by atoms with Gasteiger partial charge in [-0.25, -0.2) is 0 Å². The summed E-state index contributed by atoms with van der Waals surface area (Å²) >= 11 is 1.54. The smallest absolute Gasteiger partial charge is 0.256 e. The average Bonchev–Trinajstić information content (AvgIpc) is 3.06. The van der Waals surface area contributed by atoms with Crippen molar-refractivity contribution in [1.82, 2.24) is 5.16 Å². The molecular formula is C20H20N2O3S. The summed E-state index contributed by atoms with van der Waals surface area (Å²) in [6.45, 7) is 3.85. The van der Waals surface area contributed by atoms with Crippen molar-refractivity contribution in [2.45, 2.75) is 24.5 Å². The van der Waals surface area contributed by atoms with Crippen LogP contribution in [-0.4, -0.2) is 18.2 Å². The van der Waals surface area contributed by atoms with E-state index in [9.17, 15) is 4.79 Å². The van der Waals surface area contributed by atoms with Crippen LogP contribution in [0.5, 0.6) is 5.75 Å². The van der Waals surface area contributed by atoms with Crippen LogP contribution in [0, 0.1) is 13.8 Å². The molecule has 0 aliphatic rings. The van der Waals surface area contributed by atoms with Gasteiger partial charge in [0, 0.05) is 11.0 Å². The minimum atomic E-state index is -0.175. The quantitative estimate of drug-likeness (QED) is 0.631. The Hall–Kier alpha value is -2.73. The van der Waals surface area contributed by atoms with E-state index in [1.54, 1.807) is 7.11 Å². The Morgan fingerprint density at radius 3 is 2.73 bits per heavy atom. The van der Waals surface area contributed by atoms with Crippen molar-refractivity contribution in [3.63, 3.8) is 0 Å². The maximum absolute atomic E-state index is 12.8. The van der Waals surface area contributed by atoms with E-state index in [2.05, 4.69) is 10.5 Å². The van der Waals surface area contributed by atoms with Crippen molar-refractivity contribution in [2.24, 2.45) is 0 Å². The lowest BCUT2D eigenvalue weighted by Crippen LogP contribution is -2.13. The summed E-state index contributed by atoms with van der Waals surface area (Å²) in [5.74, 6) is 1.85. The second-order valence-corrected chi connectivity index (χ2v) is 6.89. The van der Waals surface area contributed by atoms with Gasteiger partial charge < -0.3 is 14.6 Å². The molecule has 6 heteroatoms. The molecule has 0 bridgehead atoms. The predicted molar refractivity (Wildman–Crippen MR) is 103 cm³/mol. The van der Waals surface area contributed by atoms with Gasteiger partial charge in [0.25, 0.3) is 5.91 Å². The Kier molecular flexibility index (Phi) is 5.63. The molecule has 3 aromatic rings. The minimum Gasteiger partial charge on any atom is -0.495 e. The van der Waals surface area contributed by atoms with E-state index in [0.717, 1.165) is 21.9 Å². The van der Waals surface area contributed by atoms with Crippen molar-refractivity contribution >= 4 is 23.4 Å². The Morgan fingerprint density at radius 2 is 2.00 bits per heavy atom. The van der Waals surface area contributed by atoms with Gasteiger partial charge in [-0.15, -0.1) is 11.8 Å². The second-order valence-electron chi connectivity index (χ2n) is 5.88. The summed E-state index contributed by atoms with van der Waals surface area (Å²) in [7, 11) is 1.59. The van der Waals surface area contributed by atoms with Gasteiger partial charge in [0.15, 0.2) is 0 Å². The molecule has 0 saturated heterocycles. The number of amides is 1. The highest BCUT2D eigenvalue weighted by Gasteiger charge is 2.14. The number of hydrogen-bond donors (Lipinski definition) is 1. The Bertz CT molecular complexity index is 921. The summed E-state index contributed by atoms with van der Waals surface area (Å²) in [6.07, 6.45) is 0. The highest BCUT2D eigenvalue weighted by atomic mass is 32.2. The number of anilines is 1. The van der Waals surface area contributed by atoms with E-state index >= 15 is 0 Å². The Morgan fingerprint density at radius 1 is 1.19 bits per heavy atom. The fourth-order valence-electron chi connectivity index (χ4n) is 2.52. The van der Waals surface area contributed by atoms with Crippen LogP contribution in [0.25, 0.3) is 0 Å². The van der Waals surface area contributed by atoms with Crippen molar-refractivity contribution in [2.75, 3.05) is 12.4 Å². The van der Waals surface area contributed by atoms with Crippen LogP contribution in [0.15, 0.2) is 57.9 Å². The lowest BCUT2D eigenvalue weighted by molar-refractivity contribution is 0.102. The largest absolute Gasteiger partial charge is 0.495 e. The number of carbonyl (C=O) groups is 1. The molecular weight excluding hydrogens is 348 g/mol. The third-order valence-electron chi connectivity index (χ3n) is 3.78. The van der Waals surface area contributed by atoms with E-state index in [1.165, 1.54) is 11.8 Å². The maximum Gasteiger partial charge on any atom is 0.256 e. The van der Waals surface area contributed by atoms with Crippen molar-refractivity contribution < 1.29 is 14.1 Å². The molecule has 2 aromatic carbocycles. The van der Waals surface area contributed by atoms with E-state index < -0.39 is 0 Å². The average molecular weight is 368 g/mol. The highest BCUT2D eigenvalue weighted by molar-refractivity contribution is 7.98. The number of thioether (sulfide) groups is 1. The standard InChI is InChI=1S/C20H20N2O3S/c1-13-8-9-18(24-3)17(10-13)21-20(23)16-6-4-5-7-19(16)26-12-15-11-14(2)22-25-15/h4-11H,12H2,1-3H3,(H,21,23). The molecule has 0 aliphatic carbocycles. The van der Waals surface area contributed by atoms with Gasteiger partial charge in [-0.1, -0.05) is 23.4 Å². The molecule has 1 heterocycles. The van der Waals surface area contributed by atoms with Crippen LogP contribution in [0.4, 0.5) is 5.69 Å². The van der Waals surface area contributed by atoms with Gasteiger partial charge in [-0.2, -0.15) is 0 Å². The van der Waals surface area contributed by atoms with Crippen LogP contribution in [0.3, 0.4) is 0 Å². The topological polar surface area (TPSA) is 64.4 Å². The molecule has 0 fully saturated rings. The maximum atomic E-state index is 12.8. The summed E-state index contributed by atoms with van der Waals surface area (Å²) in [4.78, 5) is 13.7. The van der Waals surface area contributed by atoms with E-state index in [4.69, 9.17) is 9.26 Å². The number of methoxy groups -OCH3 is 1. The lowest BCUT2D eigenvalue weighted by atomic mass is 10.1. The Balaban J connectivity index is 1.78. The van der Waals surface area contributed by atoms with Gasteiger partial charge in [-0.05, 0) is 43.7 Å². The van der Waals surface area contributed by atoms with Gasteiger partial charge in [0.2, 0.25) is 0 Å². The van der Waals surface area contributed by atoms with Crippen molar-refractivity contribution in [3.05, 3.63) is 71.1 Å². The van der Waals surface area contributed by atoms with Crippen LogP contribution in [0.2, 0.25) is 0 Å². The van der Waals surface area contributed by atoms with Crippen molar-refractivity contribution in [1.29, 1.82) is 0 Å². The first kappa shape index (κ1) is 18.1. The van der Waals surface area contributed by atoms with Gasteiger partial charge >= 0.3 is 0 Å². The number of nitrogens with zero attached hydrogens (tertiary/aromatic N) is 1. The zero-order valence-corrected chi connectivity index (χ0v) is 15.7. The zero-order valence-electron chi connectivity index (χ0n) is 14.9. The van der Waals surface area contributed by atoms with Crippen molar-refractivity contribution in [3.8, 4) is 5.75 Å². The monoisotopic (exact) mass is 368 g/mol. The fourth-order valence-corrected chi connectivity index (χ4v) is 3.45. The fraction of sp³-hybridized carbons (Fsp3) is 0.200. The predicted octanol–water partition coefficient (Wildman–Crippen LogP) is 4.84. The minimum absolute atomic E-state index is 0.175. The van der Waals surface area contributed by atoms with Crippen LogP contribution in [-0.2, 0) is 5.75 Å². The molecule has 3 rings (SSSR count). The second kappa shape index (κ2) is 8.10.